The molecule has 1 aromatic rings. The average Bonchev–Trinajstić information content (AvgIpc) is 3.62. The highest BCUT2D eigenvalue weighted by molar-refractivity contribution is 5.84. The van der Waals surface area contributed by atoms with Crippen LogP contribution in [0.4, 0.5) is 10.5 Å². The summed E-state index contributed by atoms with van der Waals surface area (Å²) in [5, 5.41) is 6.34. The Morgan fingerprint density at radius 2 is 1.71 bits per heavy atom. The Labute approximate surface area is 246 Å². The second kappa shape index (κ2) is 16.2. The van der Waals surface area contributed by atoms with Gasteiger partial charge in [0.15, 0.2) is 18.0 Å². The van der Waals surface area contributed by atoms with Crippen molar-refractivity contribution in [1.82, 2.24) is 10.2 Å². The van der Waals surface area contributed by atoms with E-state index in [1.54, 1.807) is 0 Å². The number of hydrogen-bond acceptors (Lipinski definition) is 8. The third kappa shape index (κ3) is 9.90. The van der Waals surface area contributed by atoms with Crippen molar-refractivity contribution in [3.8, 4) is 0 Å². The van der Waals surface area contributed by atoms with Crippen LogP contribution in [0.5, 0.6) is 0 Å². The first kappa shape index (κ1) is 32.2. The quantitative estimate of drug-likeness (QED) is 0.216. The lowest BCUT2D eigenvalue weighted by atomic mass is 10.1. The van der Waals surface area contributed by atoms with Crippen molar-refractivity contribution in [3.05, 3.63) is 30.3 Å². The molecule has 0 unspecified atom stereocenters. The minimum atomic E-state index is -1.14. The molecule has 0 bridgehead atoms. The van der Waals surface area contributed by atoms with Crippen LogP contribution >= 0.6 is 0 Å². The lowest BCUT2D eigenvalue weighted by Gasteiger charge is -2.29. The van der Waals surface area contributed by atoms with E-state index in [1.165, 1.54) is 51.4 Å². The van der Waals surface area contributed by atoms with Crippen LogP contribution in [0.2, 0.25) is 0 Å². The molecule has 3 aliphatic rings. The minimum absolute atomic E-state index is 0.224. The van der Waals surface area contributed by atoms with Gasteiger partial charge < -0.3 is 33.9 Å². The maximum absolute atomic E-state index is 13.0. The number of fused-ring (bicyclic) bond motifs is 1. The molecule has 0 aromatic heterocycles. The Morgan fingerprint density at radius 1 is 1.00 bits per heavy atom. The molecule has 3 fully saturated rings. The number of rotatable bonds is 18. The van der Waals surface area contributed by atoms with Crippen molar-refractivity contribution in [2.75, 3.05) is 51.3 Å². The molecule has 41 heavy (non-hydrogen) atoms. The predicted octanol–water partition coefficient (Wildman–Crippen LogP) is 5.69. The number of hydrogen-bond donors (Lipinski definition) is 2. The predicted molar refractivity (Wildman–Crippen MR) is 160 cm³/mol. The summed E-state index contributed by atoms with van der Waals surface area (Å²) in [5.74, 6) is -2.03. The molecule has 0 saturated carbocycles. The van der Waals surface area contributed by atoms with Gasteiger partial charge in [-0.2, -0.15) is 0 Å². The fourth-order valence-corrected chi connectivity index (χ4v) is 6.09. The molecule has 4 rings (SSSR count). The lowest BCUT2D eigenvalue weighted by Crippen LogP contribution is -2.46. The monoisotopic (exact) mass is 575 g/mol. The molecule has 232 valence electrons. The van der Waals surface area contributed by atoms with Crippen molar-refractivity contribution < 1.29 is 28.5 Å². The summed E-state index contributed by atoms with van der Waals surface area (Å²) >= 11 is 0. The van der Waals surface area contributed by atoms with Crippen molar-refractivity contribution in [2.45, 2.75) is 115 Å². The van der Waals surface area contributed by atoms with Gasteiger partial charge in [0, 0.05) is 31.9 Å². The minimum Gasteiger partial charge on any atom is -0.440 e. The SMILES string of the molecule is CCCCCCCCCCOC[C@@]12O[C@@H](CNCCN3CCCC3)[C@@H](OC(=O)Nc3ccccc3)[C@@H]1OC(C)(C)O2. The third-order valence-corrected chi connectivity index (χ3v) is 8.14. The summed E-state index contributed by atoms with van der Waals surface area (Å²) in [5.41, 5.74) is 0.667. The van der Waals surface area contributed by atoms with Crippen molar-refractivity contribution in [3.63, 3.8) is 0 Å². The number of nitrogens with zero attached hydrogens (tertiary/aromatic N) is 1. The van der Waals surface area contributed by atoms with Crippen molar-refractivity contribution in [2.24, 2.45) is 0 Å². The molecule has 0 aliphatic carbocycles. The van der Waals surface area contributed by atoms with Gasteiger partial charge >= 0.3 is 6.09 Å². The molecule has 0 radical (unpaired) electrons. The molecule has 3 saturated heterocycles. The Balaban J connectivity index is 1.33. The van der Waals surface area contributed by atoms with E-state index in [1.807, 2.05) is 44.2 Å². The first-order valence-corrected chi connectivity index (χ1v) is 16.0. The Kier molecular flexibility index (Phi) is 12.7. The van der Waals surface area contributed by atoms with E-state index >= 15 is 0 Å². The van der Waals surface area contributed by atoms with E-state index in [-0.39, 0.29) is 6.61 Å². The van der Waals surface area contributed by atoms with Crippen molar-refractivity contribution in [1.29, 1.82) is 0 Å². The molecule has 9 nitrogen and oxygen atoms in total. The summed E-state index contributed by atoms with van der Waals surface area (Å²) < 4.78 is 31.4. The van der Waals surface area contributed by atoms with Crippen LogP contribution in [-0.4, -0.2) is 86.8 Å². The Bertz CT molecular complexity index is 897. The van der Waals surface area contributed by atoms with Gasteiger partial charge in [0.2, 0.25) is 5.79 Å². The molecule has 2 N–H and O–H groups in total. The first-order valence-electron chi connectivity index (χ1n) is 16.0. The molecule has 9 heteroatoms. The second-order valence-corrected chi connectivity index (χ2v) is 12.1. The molecular formula is C32H53N3O6. The van der Waals surface area contributed by atoms with E-state index in [9.17, 15) is 4.79 Å². The summed E-state index contributed by atoms with van der Waals surface area (Å²) in [6.07, 6.45) is 10.2. The maximum Gasteiger partial charge on any atom is 0.412 e. The number of para-hydroxylation sites is 1. The third-order valence-electron chi connectivity index (χ3n) is 8.14. The zero-order chi connectivity index (χ0) is 29.0. The number of carbonyl (C=O) groups is 1. The molecule has 0 spiro atoms. The smallest absolute Gasteiger partial charge is 0.412 e. The number of likely N-dealkylation sites (tertiary alicyclic amines) is 1. The molecular weight excluding hydrogens is 522 g/mol. The largest absolute Gasteiger partial charge is 0.440 e. The lowest BCUT2D eigenvalue weighted by molar-refractivity contribution is -0.277. The molecule has 3 aliphatic heterocycles. The Hall–Kier alpha value is -1.75. The fraction of sp³-hybridized carbons (Fsp3) is 0.781. The van der Waals surface area contributed by atoms with Crippen molar-refractivity contribution >= 4 is 11.8 Å². The molecule has 1 amide bonds. The fourth-order valence-electron chi connectivity index (χ4n) is 6.09. The zero-order valence-corrected chi connectivity index (χ0v) is 25.5. The summed E-state index contributed by atoms with van der Waals surface area (Å²) in [4.78, 5) is 15.4. The normalized spacial score (nSPS) is 27.2. The number of ether oxygens (including phenoxy) is 5. The van der Waals surface area contributed by atoms with Gasteiger partial charge in [-0.05, 0) is 58.3 Å². The Morgan fingerprint density at radius 3 is 2.44 bits per heavy atom. The number of benzene rings is 1. The summed E-state index contributed by atoms with van der Waals surface area (Å²) in [7, 11) is 0. The molecule has 4 atom stereocenters. The average molecular weight is 576 g/mol. The number of amides is 1. The highest BCUT2D eigenvalue weighted by atomic mass is 16.9. The van der Waals surface area contributed by atoms with E-state index in [4.69, 9.17) is 23.7 Å². The van der Waals surface area contributed by atoms with Gasteiger partial charge in [-0.25, -0.2) is 4.79 Å². The molecule has 1 aromatic carbocycles. The van der Waals surface area contributed by atoms with Crippen LogP contribution in [0.1, 0.15) is 85.0 Å². The zero-order valence-electron chi connectivity index (χ0n) is 25.5. The number of carbonyl (C=O) groups excluding carboxylic acids is 1. The number of unbranched alkanes of at least 4 members (excludes halogenated alkanes) is 7. The summed E-state index contributed by atoms with van der Waals surface area (Å²) in [6, 6.07) is 9.29. The highest BCUT2D eigenvalue weighted by Crippen LogP contribution is 2.46. The van der Waals surface area contributed by atoms with Crippen LogP contribution < -0.4 is 10.6 Å². The van der Waals surface area contributed by atoms with Crippen LogP contribution in [0.15, 0.2) is 30.3 Å². The van der Waals surface area contributed by atoms with Gasteiger partial charge in [-0.15, -0.1) is 0 Å². The van der Waals surface area contributed by atoms with E-state index in [2.05, 4.69) is 22.5 Å². The van der Waals surface area contributed by atoms with Gasteiger partial charge in [0.25, 0.3) is 0 Å². The van der Waals surface area contributed by atoms with Gasteiger partial charge in [0.1, 0.15) is 12.7 Å². The van der Waals surface area contributed by atoms with Crippen LogP contribution in [0.3, 0.4) is 0 Å². The van der Waals surface area contributed by atoms with Gasteiger partial charge in [-0.1, -0.05) is 70.1 Å². The standard InChI is InChI=1S/C32H53N3O6/c1-4-5-6-7-8-9-10-16-23-37-25-32-29(40-31(2,3)41-32)28(38-30(36)34-26-17-12-11-13-18-26)27(39-32)24-33-19-22-35-20-14-15-21-35/h11-13,17-18,27-29,33H,4-10,14-16,19-25H2,1-3H3,(H,34,36)/t27-,28+,29-,32-/m0/s1. The van der Waals surface area contributed by atoms with Crippen LogP contribution in [-0.2, 0) is 23.7 Å². The van der Waals surface area contributed by atoms with Crippen LogP contribution in [0, 0.1) is 0 Å². The second-order valence-electron chi connectivity index (χ2n) is 12.1. The number of nitrogens with one attached hydrogen (secondary N) is 2. The number of anilines is 1. The first-order chi connectivity index (χ1) is 19.9. The van der Waals surface area contributed by atoms with Gasteiger partial charge in [-0.3, -0.25) is 5.32 Å². The van der Waals surface area contributed by atoms with E-state index < -0.39 is 36.0 Å². The van der Waals surface area contributed by atoms with Crippen LogP contribution in [0.25, 0.3) is 0 Å². The van der Waals surface area contributed by atoms with Gasteiger partial charge in [0.05, 0.1) is 0 Å². The topological polar surface area (TPSA) is 90.5 Å². The highest BCUT2D eigenvalue weighted by Gasteiger charge is 2.66. The molecule has 3 heterocycles. The van der Waals surface area contributed by atoms with E-state index in [0.717, 1.165) is 39.0 Å². The maximum atomic E-state index is 13.0. The van der Waals surface area contributed by atoms with E-state index in [0.29, 0.717) is 18.8 Å². The summed E-state index contributed by atoms with van der Waals surface area (Å²) in [6.45, 7) is 11.5.